The summed E-state index contributed by atoms with van der Waals surface area (Å²) in [5.74, 6) is -0.0870. The number of nitrogens with zero attached hydrogens (tertiary/aromatic N) is 3. The van der Waals surface area contributed by atoms with Crippen molar-refractivity contribution in [2.24, 2.45) is 0 Å². The number of benzene rings is 1. The number of alkyl halides is 3. The zero-order chi connectivity index (χ0) is 22.1. The first-order chi connectivity index (χ1) is 14.1. The predicted molar refractivity (Wildman–Crippen MR) is 108 cm³/mol. The van der Waals surface area contributed by atoms with Crippen molar-refractivity contribution in [2.45, 2.75) is 32.2 Å². The molecule has 0 amide bonds. The van der Waals surface area contributed by atoms with Gasteiger partial charge in [0.2, 0.25) is 5.28 Å². The maximum atomic E-state index is 13.6. The normalized spacial score (nSPS) is 13.9. The zero-order valence-electron chi connectivity index (χ0n) is 15.8. The van der Waals surface area contributed by atoms with Crippen molar-refractivity contribution in [3.63, 3.8) is 0 Å². The lowest BCUT2D eigenvalue weighted by Gasteiger charge is -2.24. The van der Waals surface area contributed by atoms with Crippen molar-refractivity contribution < 1.29 is 23.0 Å². The molecule has 1 aromatic carbocycles. The number of aliphatic hydroxyl groups is 1. The molecule has 2 aromatic heterocycles. The summed E-state index contributed by atoms with van der Waals surface area (Å²) in [6.45, 7) is 2.68. The number of aromatic nitrogens is 3. The van der Waals surface area contributed by atoms with Crippen LogP contribution >= 0.6 is 23.2 Å². The van der Waals surface area contributed by atoms with E-state index in [4.69, 9.17) is 27.9 Å². The van der Waals surface area contributed by atoms with E-state index in [1.165, 1.54) is 31.3 Å². The first-order valence-corrected chi connectivity index (χ1v) is 9.58. The van der Waals surface area contributed by atoms with E-state index >= 15 is 0 Å². The number of pyridine rings is 1. The maximum absolute atomic E-state index is 13.6. The fourth-order valence-corrected chi connectivity index (χ4v) is 3.19. The fraction of sp³-hybridized carbons (Fsp3) is 0.316. The molecule has 2 atom stereocenters. The molecular weight excluding hydrogens is 444 g/mol. The van der Waals surface area contributed by atoms with Crippen molar-refractivity contribution in [1.29, 1.82) is 0 Å². The molecule has 0 aliphatic heterocycles. The molecule has 160 valence electrons. The van der Waals surface area contributed by atoms with Gasteiger partial charge in [0.1, 0.15) is 22.8 Å². The van der Waals surface area contributed by atoms with Gasteiger partial charge in [-0.3, -0.25) is 0 Å². The largest absolute Gasteiger partial charge is 0.487 e. The van der Waals surface area contributed by atoms with E-state index in [2.05, 4.69) is 20.3 Å². The van der Waals surface area contributed by atoms with Crippen LogP contribution in [0.25, 0.3) is 10.9 Å². The van der Waals surface area contributed by atoms with Crippen molar-refractivity contribution >= 4 is 39.9 Å². The summed E-state index contributed by atoms with van der Waals surface area (Å²) < 4.78 is 46.1. The number of fused-ring (bicyclic) bond motifs is 1. The number of para-hydroxylation sites is 1. The minimum atomic E-state index is -4.63. The van der Waals surface area contributed by atoms with Crippen LogP contribution in [0.15, 0.2) is 30.5 Å². The number of aliphatic hydroxyl groups excluding tert-OH is 1. The monoisotopic (exact) mass is 460 g/mol. The summed E-state index contributed by atoms with van der Waals surface area (Å²) in [6, 6.07) is 4.58. The minimum absolute atomic E-state index is 0.0595. The van der Waals surface area contributed by atoms with E-state index in [-0.39, 0.29) is 27.6 Å². The molecule has 2 heterocycles. The fourth-order valence-electron chi connectivity index (χ4n) is 2.86. The molecule has 0 aliphatic carbocycles. The van der Waals surface area contributed by atoms with Gasteiger partial charge in [0.05, 0.1) is 29.9 Å². The average molecular weight is 461 g/mol. The number of halogens is 5. The molecule has 0 fully saturated rings. The van der Waals surface area contributed by atoms with Gasteiger partial charge in [-0.1, -0.05) is 23.7 Å². The first kappa shape index (κ1) is 22.3. The highest BCUT2D eigenvalue weighted by Crippen LogP contribution is 2.41. The van der Waals surface area contributed by atoms with Gasteiger partial charge in [0.15, 0.2) is 0 Å². The topological polar surface area (TPSA) is 80.2 Å². The Morgan fingerprint density at radius 1 is 1.20 bits per heavy atom. The Labute approximate surface area is 180 Å². The van der Waals surface area contributed by atoms with E-state index in [9.17, 15) is 18.3 Å². The van der Waals surface area contributed by atoms with E-state index in [0.29, 0.717) is 10.9 Å². The van der Waals surface area contributed by atoms with Gasteiger partial charge in [0, 0.05) is 10.9 Å². The van der Waals surface area contributed by atoms with Gasteiger partial charge >= 0.3 is 6.18 Å². The van der Waals surface area contributed by atoms with E-state index < -0.39 is 30.5 Å². The number of rotatable bonds is 6. The summed E-state index contributed by atoms with van der Waals surface area (Å²) in [6.07, 6.45) is -4.05. The zero-order valence-corrected chi connectivity index (χ0v) is 17.3. The molecule has 3 aromatic rings. The SMILES string of the molecule is C[C@H](CO)Oc1c([C@@H](C)Nc2nc(Cl)nc3cnc(Cl)cc23)cccc1C(F)(F)F. The van der Waals surface area contributed by atoms with Crippen LogP contribution in [-0.4, -0.2) is 32.8 Å². The number of anilines is 1. The lowest BCUT2D eigenvalue weighted by molar-refractivity contribution is -0.139. The van der Waals surface area contributed by atoms with E-state index in [1.807, 2.05) is 0 Å². The molecule has 11 heteroatoms. The highest BCUT2D eigenvalue weighted by atomic mass is 35.5. The first-order valence-electron chi connectivity index (χ1n) is 8.83. The maximum Gasteiger partial charge on any atom is 0.419 e. The molecule has 30 heavy (non-hydrogen) atoms. The van der Waals surface area contributed by atoms with Crippen LogP contribution in [0.3, 0.4) is 0 Å². The standard InChI is InChI=1S/C19H17Cl2F3N4O2/c1-9(8-29)30-16-11(4-3-5-13(16)19(22,23)24)10(2)26-17-12-6-15(20)25-7-14(12)27-18(21)28-17/h3-7,9-10,29H,8H2,1-2H3,(H,26,27,28)/t9-,10-/m1/s1. The number of nitrogens with one attached hydrogen (secondary N) is 1. The van der Waals surface area contributed by atoms with Gasteiger partial charge in [0.25, 0.3) is 0 Å². The summed E-state index contributed by atoms with van der Waals surface area (Å²) in [5, 5.41) is 12.9. The number of hydrogen-bond donors (Lipinski definition) is 2. The third kappa shape index (κ3) is 4.85. The summed E-state index contributed by atoms with van der Waals surface area (Å²) in [5.41, 5.74) is -0.288. The molecular formula is C19H17Cl2F3N4O2. The van der Waals surface area contributed by atoms with Gasteiger partial charge < -0.3 is 15.2 Å². The molecule has 0 radical (unpaired) electrons. The Morgan fingerprint density at radius 2 is 1.93 bits per heavy atom. The number of ether oxygens (including phenoxy) is 1. The Kier molecular flexibility index (Phi) is 6.54. The second-order valence-corrected chi connectivity index (χ2v) is 7.29. The van der Waals surface area contributed by atoms with Crippen LogP contribution in [0, 0.1) is 0 Å². The van der Waals surface area contributed by atoms with Crippen LogP contribution in [-0.2, 0) is 6.18 Å². The number of hydrogen-bond acceptors (Lipinski definition) is 6. The molecule has 0 bridgehead atoms. The Hall–Kier alpha value is -2.36. The smallest absolute Gasteiger partial charge is 0.419 e. The van der Waals surface area contributed by atoms with E-state index in [1.54, 1.807) is 6.92 Å². The van der Waals surface area contributed by atoms with Gasteiger partial charge in [-0.05, 0) is 37.6 Å². The molecule has 3 rings (SSSR count). The summed E-state index contributed by atoms with van der Waals surface area (Å²) in [4.78, 5) is 12.1. The van der Waals surface area contributed by atoms with Crippen LogP contribution < -0.4 is 10.1 Å². The van der Waals surface area contributed by atoms with Gasteiger partial charge in [-0.15, -0.1) is 0 Å². The molecule has 0 saturated heterocycles. The quantitative estimate of drug-likeness (QED) is 0.384. The highest BCUT2D eigenvalue weighted by Gasteiger charge is 2.36. The van der Waals surface area contributed by atoms with E-state index in [0.717, 1.165) is 6.07 Å². The molecule has 0 spiro atoms. The summed E-state index contributed by atoms with van der Waals surface area (Å²) in [7, 11) is 0. The second-order valence-electron chi connectivity index (χ2n) is 6.56. The minimum Gasteiger partial charge on any atom is -0.487 e. The van der Waals surface area contributed by atoms with Crippen molar-refractivity contribution in [1.82, 2.24) is 15.0 Å². The van der Waals surface area contributed by atoms with Gasteiger partial charge in [-0.2, -0.15) is 13.2 Å². The molecule has 6 nitrogen and oxygen atoms in total. The lowest BCUT2D eigenvalue weighted by atomic mass is 10.0. The van der Waals surface area contributed by atoms with Crippen LogP contribution in [0.5, 0.6) is 5.75 Å². The van der Waals surface area contributed by atoms with Crippen LogP contribution in [0.4, 0.5) is 19.0 Å². The van der Waals surface area contributed by atoms with Gasteiger partial charge in [-0.25, -0.2) is 15.0 Å². The average Bonchev–Trinajstić information content (AvgIpc) is 2.67. The van der Waals surface area contributed by atoms with Crippen LogP contribution in [0.1, 0.15) is 31.0 Å². The lowest BCUT2D eigenvalue weighted by Crippen LogP contribution is -2.21. The Bertz CT molecular complexity index is 1070. The van der Waals surface area contributed by atoms with Crippen molar-refractivity contribution in [2.75, 3.05) is 11.9 Å². The van der Waals surface area contributed by atoms with Crippen molar-refractivity contribution in [3.8, 4) is 5.75 Å². The third-order valence-electron chi connectivity index (χ3n) is 4.27. The molecule has 2 N–H and O–H groups in total. The Balaban J connectivity index is 2.07. The molecule has 0 saturated carbocycles. The second kappa shape index (κ2) is 8.79. The third-order valence-corrected chi connectivity index (χ3v) is 4.64. The highest BCUT2D eigenvalue weighted by molar-refractivity contribution is 6.30. The molecule has 0 unspecified atom stereocenters. The predicted octanol–water partition coefficient (Wildman–Crippen LogP) is 5.28. The van der Waals surface area contributed by atoms with Crippen LogP contribution in [0.2, 0.25) is 10.4 Å². The van der Waals surface area contributed by atoms with Crippen molar-refractivity contribution in [3.05, 3.63) is 52.0 Å². The Morgan fingerprint density at radius 3 is 2.60 bits per heavy atom. The summed E-state index contributed by atoms with van der Waals surface area (Å²) >= 11 is 11.9. The molecule has 0 aliphatic rings.